The molecule has 0 fully saturated rings. The van der Waals surface area contributed by atoms with Gasteiger partial charge in [0.25, 0.3) is 11.5 Å². The quantitative estimate of drug-likeness (QED) is 0.360. The molecule has 11 heteroatoms. The lowest BCUT2D eigenvalue weighted by atomic mass is 10.3. The average Bonchev–Trinajstić information content (AvgIpc) is 3.06. The summed E-state index contributed by atoms with van der Waals surface area (Å²) < 4.78 is 6.91. The number of methoxy groups -OCH3 is 1. The molecule has 0 aliphatic rings. The minimum Gasteiger partial charge on any atom is -0.383 e. The number of thiazole rings is 1. The molecule has 156 valence electrons. The summed E-state index contributed by atoms with van der Waals surface area (Å²) in [6, 6.07) is 7.13. The third-order valence-electron chi connectivity index (χ3n) is 3.85. The lowest BCUT2D eigenvalue weighted by molar-refractivity contribution is -0.115. The maximum absolute atomic E-state index is 12.7. The van der Waals surface area contributed by atoms with E-state index in [4.69, 9.17) is 10.00 Å². The van der Waals surface area contributed by atoms with Crippen molar-refractivity contribution in [2.75, 3.05) is 37.4 Å². The van der Waals surface area contributed by atoms with Crippen LogP contribution in [0.1, 0.15) is 6.92 Å². The second-order valence-corrected chi connectivity index (χ2v) is 6.82. The lowest BCUT2D eigenvalue weighted by Crippen LogP contribution is -2.34. The molecule has 2 rings (SSSR count). The van der Waals surface area contributed by atoms with Crippen molar-refractivity contribution in [2.24, 2.45) is 0 Å². The van der Waals surface area contributed by atoms with E-state index >= 15 is 0 Å². The van der Waals surface area contributed by atoms with Gasteiger partial charge in [0.1, 0.15) is 27.6 Å². The zero-order valence-corrected chi connectivity index (χ0v) is 17.4. The van der Waals surface area contributed by atoms with Crippen molar-refractivity contribution in [1.29, 1.82) is 10.5 Å². The normalized spacial score (nSPS) is 11.9. The Bertz CT molecular complexity index is 1150. The van der Waals surface area contributed by atoms with Crippen LogP contribution < -0.4 is 30.7 Å². The number of nitrogens with one attached hydrogen (secondary N) is 3. The van der Waals surface area contributed by atoms with Crippen LogP contribution in [0.25, 0.3) is 11.8 Å². The van der Waals surface area contributed by atoms with Gasteiger partial charge in [0, 0.05) is 44.3 Å². The zero-order chi connectivity index (χ0) is 21.9. The van der Waals surface area contributed by atoms with Gasteiger partial charge in [-0.3, -0.25) is 14.2 Å². The van der Waals surface area contributed by atoms with Crippen LogP contribution in [0.5, 0.6) is 0 Å². The predicted molar refractivity (Wildman–Crippen MR) is 114 cm³/mol. The monoisotopic (exact) mass is 427 g/mol. The number of aromatic nitrogens is 2. The molecular formula is C19H21N7O3S. The summed E-state index contributed by atoms with van der Waals surface area (Å²) in [5, 5.41) is 26.5. The van der Waals surface area contributed by atoms with E-state index in [0.29, 0.717) is 29.2 Å². The van der Waals surface area contributed by atoms with Crippen LogP contribution in [0.3, 0.4) is 0 Å². The van der Waals surface area contributed by atoms with Crippen molar-refractivity contribution >= 4 is 40.5 Å². The van der Waals surface area contributed by atoms with Crippen molar-refractivity contribution in [2.45, 2.75) is 13.5 Å². The van der Waals surface area contributed by atoms with E-state index in [-0.39, 0.29) is 28.9 Å². The minimum atomic E-state index is -0.692. The number of nitrogens with zero attached hydrogens (tertiary/aromatic N) is 4. The zero-order valence-electron chi connectivity index (χ0n) is 16.6. The highest BCUT2D eigenvalue weighted by Crippen LogP contribution is 2.11. The molecule has 30 heavy (non-hydrogen) atoms. The van der Waals surface area contributed by atoms with Crippen molar-refractivity contribution in [3.05, 3.63) is 37.9 Å². The number of carbonyl (C=O) groups excluding carboxylic acids is 1. The Kier molecular flexibility index (Phi) is 8.56. The molecule has 0 aliphatic heterocycles. The molecule has 10 nitrogen and oxygen atoms in total. The Morgan fingerprint density at radius 1 is 1.43 bits per heavy atom. The summed E-state index contributed by atoms with van der Waals surface area (Å²) in [5.74, 6) is -0.0412. The Balaban J connectivity index is 2.39. The molecule has 0 saturated heterocycles. The number of hydrogen-bond acceptors (Lipinski definition) is 9. The maximum Gasteiger partial charge on any atom is 0.270 e. The molecule has 0 spiro atoms. The van der Waals surface area contributed by atoms with Gasteiger partial charge in [-0.05, 0) is 13.0 Å². The van der Waals surface area contributed by atoms with E-state index in [1.807, 2.05) is 6.07 Å². The van der Waals surface area contributed by atoms with Crippen LogP contribution in [0.15, 0.2) is 23.1 Å². The fourth-order valence-electron chi connectivity index (χ4n) is 2.44. The smallest absolute Gasteiger partial charge is 0.270 e. The second kappa shape index (κ2) is 11.4. The number of pyridine rings is 1. The third-order valence-corrected chi connectivity index (χ3v) is 4.98. The molecule has 2 heterocycles. The molecule has 2 aromatic heterocycles. The summed E-state index contributed by atoms with van der Waals surface area (Å²) in [4.78, 5) is 29.1. The standard InChI is InChI=1S/C19H21N7O3S/c1-3-26-18(28)15(30-19(26)14(11-21)17(27)24-7-5-20)12-25-13-4-6-22-16(10-13)23-8-9-29-2/h4,6,10,12H,3,7-9H2,1-2H3,(H,24,27)(H2,22,23,25). The minimum absolute atomic E-state index is 0.206. The first kappa shape index (κ1) is 22.6. The molecule has 0 atom stereocenters. The molecule has 1 amide bonds. The van der Waals surface area contributed by atoms with Gasteiger partial charge in [0.15, 0.2) is 5.57 Å². The summed E-state index contributed by atoms with van der Waals surface area (Å²) >= 11 is 1.03. The highest BCUT2D eigenvalue weighted by atomic mass is 32.1. The van der Waals surface area contributed by atoms with Crippen LogP contribution in [0.4, 0.5) is 11.5 Å². The summed E-state index contributed by atoms with van der Waals surface area (Å²) in [5.41, 5.74) is 0.180. The number of ether oxygens (including phenoxy) is 1. The van der Waals surface area contributed by atoms with Crippen LogP contribution in [0.2, 0.25) is 0 Å². The predicted octanol–water partition coefficient (Wildman–Crippen LogP) is -0.453. The number of nitriles is 2. The second-order valence-electron chi connectivity index (χ2n) is 5.79. The van der Waals surface area contributed by atoms with Crippen molar-refractivity contribution in [3.8, 4) is 12.1 Å². The molecule has 0 unspecified atom stereocenters. The van der Waals surface area contributed by atoms with Gasteiger partial charge >= 0.3 is 0 Å². The Hall–Kier alpha value is -3.67. The largest absolute Gasteiger partial charge is 0.383 e. The SMILES string of the molecule is CCn1c(=C(C#N)C(=O)NCC#N)sc(=CNc2ccnc(NCCOC)c2)c1=O. The summed E-state index contributed by atoms with van der Waals surface area (Å²) in [6.45, 7) is 2.96. The number of anilines is 2. The fraction of sp³-hybridized carbons (Fsp3) is 0.316. The molecule has 2 aromatic rings. The number of amides is 1. The van der Waals surface area contributed by atoms with Gasteiger partial charge in [-0.15, -0.1) is 11.3 Å². The highest BCUT2D eigenvalue weighted by molar-refractivity contribution is 7.07. The summed E-state index contributed by atoms with van der Waals surface area (Å²) in [7, 11) is 1.61. The first-order valence-electron chi connectivity index (χ1n) is 9.00. The Morgan fingerprint density at radius 2 is 2.23 bits per heavy atom. The molecule has 0 aliphatic carbocycles. The maximum atomic E-state index is 12.7. The topological polar surface area (TPSA) is 145 Å². The molecule has 0 aromatic carbocycles. The van der Waals surface area contributed by atoms with E-state index in [1.165, 1.54) is 10.8 Å². The van der Waals surface area contributed by atoms with Crippen molar-refractivity contribution < 1.29 is 9.53 Å². The van der Waals surface area contributed by atoms with Gasteiger partial charge in [-0.1, -0.05) is 0 Å². The Labute approximate surface area is 176 Å². The van der Waals surface area contributed by atoms with Crippen molar-refractivity contribution in [3.63, 3.8) is 0 Å². The van der Waals surface area contributed by atoms with Crippen LogP contribution >= 0.6 is 11.3 Å². The van der Waals surface area contributed by atoms with E-state index in [2.05, 4.69) is 20.9 Å². The first-order valence-corrected chi connectivity index (χ1v) is 9.82. The summed E-state index contributed by atoms with van der Waals surface area (Å²) in [6.07, 6.45) is 3.15. The highest BCUT2D eigenvalue weighted by Gasteiger charge is 2.14. The van der Waals surface area contributed by atoms with E-state index in [9.17, 15) is 14.9 Å². The number of carbonyl (C=O) groups is 1. The molecule has 3 N–H and O–H groups in total. The molecule has 0 saturated carbocycles. The molecule has 0 bridgehead atoms. The van der Waals surface area contributed by atoms with E-state index in [0.717, 1.165) is 11.3 Å². The van der Waals surface area contributed by atoms with Gasteiger partial charge in [-0.2, -0.15) is 10.5 Å². The molecular weight excluding hydrogens is 406 g/mol. The average molecular weight is 427 g/mol. The van der Waals surface area contributed by atoms with E-state index in [1.54, 1.807) is 38.4 Å². The van der Waals surface area contributed by atoms with Gasteiger partial charge in [0.05, 0.1) is 12.7 Å². The van der Waals surface area contributed by atoms with Gasteiger partial charge in [-0.25, -0.2) is 4.98 Å². The third kappa shape index (κ3) is 5.67. The van der Waals surface area contributed by atoms with Crippen LogP contribution in [0, 0.1) is 22.7 Å². The lowest BCUT2D eigenvalue weighted by Gasteiger charge is -2.06. The Morgan fingerprint density at radius 3 is 2.90 bits per heavy atom. The van der Waals surface area contributed by atoms with E-state index < -0.39 is 5.91 Å². The molecule has 0 radical (unpaired) electrons. The first-order chi connectivity index (χ1) is 14.5. The van der Waals surface area contributed by atoms with Crippen LogP contribution in [-0.4, -0.2) is 42.3 Å². The van der Waals surface area contributed by atoms with Crippen molar-refractivity contribution in [1.82, 2.24) is 14.9 Å². The number of hydrogen-bond donors (Lipinski definition) is 3. The number of rotatable bonds is 9. The van der Waals surface area contributed by atoms with Gasteiger partial charge < -0.3 is 20.7 Å². The van der Waals surface area contributed by atoms with Crippen LogP contribution in [-0.2, 0) is 16.1 Å². The fourth-order valence-corrected chi connectivity index (χ4v) is 3.53. The van der Waals surface area contributed by atoms with Gasteiger partial charge in [0.2, 0.25) is 0 Å².